The Morgan fingerprint density at radius 2 is 2.20 bits per heavy atom. The van der Waals surface area contributed by atoms with Crippen LogP contribution in [0, 0.1) is 13.1 Å². The van der Waals surface area contributed by atoms with Gasteiger partial charge in [-0.15, -0.1) is 0 Å². The van der Waals surface area contributed by atoms with Gasteiger partial charge in [-0.2, -0.15) is 5.10 Å². The van der Waals surface area contributed by atoms with Gasteiger partial charge in [-0.25, -0.2) is 8.78 Å². The molecule has 0 unspecified atom stereocenters. The average molecular weight is 145 g/mol. The minimum atomic E-state index is -2.46. The van der Waals surface area contributed by atoms with Crippen LogP contribution in [0.1, 0.15) is 17.7 Å². The Labute approximate surface area is 57.5 Å². The molecule has 1 rings (SSSR count). The van der Waals surface area contributed by atoms with Gasteiger partial charge in [-0.3, -0.25) is 4.68 Å². The highest BCUT2D eigenvalue weighted by Gasteiger charge is 2.13. The Kier molecular flexibility index (Phi) is 1.70. The molecule has 0 aromatic carbocycles. The van der Waals surface area contributed by atoms with Gasteiger partial charge >= 0.3 is 0 Å². The maximum atomic E-state index is 12.0. The van der Waals surface area contributed by atoms with Crippen LogP contribution in [0.4, 0.5) is 8.78 Å². The highest BCUT2D eigenvalue weighted by Crippen LogP contribution is 2.19. The van der Waals surface area contributed by atoms with E-state index in [2.05, 4.69) is 11.3 Å². The van der Waals surface area contributed by atoms with Gasteiger partial charge in [0.1, 0.15) is 0 Å². The van der Waals surface area contributed by atoms with Crippen molar-refractivity contribution in [2.24, 2.45) is 7.05 Å². The zero-order chi connectivity index (χ0) is 7.72. The van der Waals surface area contributed by atoms with Crippen molar-refractivity contribution in [1.82, 2.24) is 9.78 Å². The van der Waals surface area contributed by atoms with Crippen molar-refractivity contribution in [3.8, 4) is 0 Å². The maximum Gasteiger partial charge on any atom is 0.267 e. The molecule has 0 amide bonds. The summed E-state index contributed by atoms with van der Waals surface area (Å²) in [6.07, 6.45) is -0.0649. The number of halogens is 2. The monoisotopic (exact) mass is 145 g/mol. The van der Waals surface area contributed by atoms with Gasteiger partial charge in [0.25, 0.3) is 6.43 Å². The van der Waals surface area contributed by atoms with Gasteiger partial charge in [0, 0.05) is 7.05 Å². The number of aromatic nitrogens is 2. The Morgan fingerprint density at radius 1 is 1.60 bits per heavy atom. The van der Waals surface area contributed by atoms with Crippen LogP contribution in [0.25, 0.3) is 0 Å². The SMILES string of the molecule is Cc1nn(C)[c]c1C(F)F. The molecule has 0 spiro atoms. The molecule has 1 heterocycles. The van der Waals surface area contributed by atoms with E-state index in [-0.39, 0.29) is 5.56 Å². The van der Waals surface area contributed by atoms with E-state index in [9.17, 15) is 8.78 Å². The zero-order valence-corrected chi connectivity index (χ0v) is 5.73. The van der Waals surface area contributed by atoms with E-state index in [0.29, 0.717) is 5.69 Å². The fourth-order valence-electron chi connectivity index (χ4n) is 0.766. The van der Waals surface area contributed by atoms with Crippen molar-refractivity contribution in [1.29, 1.82) is 0 Å². The van der Waals surface area contributed by atoms with Gasteiger partial charge in [0.2, 0.25) is 0 Å². The molecule has 0 aliphatic rings. The van der Waals surface area contributed by atoms with E-state index in [1.54, 1.807) is 7.05 Å². The second kappa shape index (κ2) is 2.36. The third-order valence-electron chi connectivity index (χ3n) is 1.19. The smallest absolute Gasteiger partial charge is 0.266 e. The van der Waals surface area contributed by atoms with Crippen molar-refractivity contribution in [3.05, 3.63) is 17.5 Å². The molecule has 0 aliphatic heterocycles. The Hall–Kier alpha value is -0.930. The number of aryl methyl sites for hydroxylation is 2. The number of rotatable bonds is 1. The molecule has 0 bridgehead atoms. The predicted molar refractivity (Wildman–Crippen MR) is 31.7 cm³/mol. The van der Waals surface area contributed by atoms with Crippen LogP contribution in [0.15, 0.2) is 0 Å². The number of nitrogens with zero attached hydrogens (tertiary/aromatic N) is 2. The molecular weight excluding hydrogens is 138 g/mol. The first-order valence-corrected chi connectivity index (χ1v) is 2.82. The van der Waals surface area contributed by atoms with Gasteiger partial charge in [-0.1, -0.05) is 0 Å². The van der Waals surface area contributed by atoms with Crippen LogP contribution >= 0.6 is 0 Å². The highest BCUT2D eigenvalue weighted by molar-refractivity contribution is 5.14. The molecule has 1 radical (unpaired) electrons. The van der Waals surface area contributed by atoms with Crippen LogP contribution in [0.2, 0.25) is 0 Å². The summed E-state index contributed by atoms with van der Waals surface area (Å²) in [7, 11) is 1.57. The second-order valence-electron chi connectivity index (χ2n) is 2.04. The van der Waals surface area contributed by atoms with Crippen LogP contribution in [-0.2, 0) is 7.05 Å². The first-order chi connectivity index (χ1) is 4.61. The lowest BCUT2D eigenvalue weighted by Crippen LogP contribution is -1.86. The molecule has 0 atom stereocenters. The predicted octanol–water partition coefficient (Wildman–Crippen LogP) is 1.47. The van der Waals surface area contributed by atoms with Crippen LogP contribution in [-0.4, -0.2) is 9.78 Å². The highest BCUT2D eigenvalue weighted by atomic mass is 19.3. The zero-order valence-electron chi connectivity index (χ0n) is 5.73. The third kappa shape index (κ3) is 1.15. The van der Waals surface area contributed by atoms with Crippen LogP contribution in [0.3, 0.4) is 0 Å². The molecule has 2 nitrogen and oxygen atoms in total. The number of hydrogen-bond acceptors (Lipinski definition) is 1. The molecular formula is C6H7F2N2. The molecule has 0 N–H and O–H groups in total. The van der Waals surface area contributed by atoms with Gasteiger partial charge < -0.3 is 0 Å². The van der Waals surface area contributed by atoms with E-state index < -0.39 is 6.43 Å². The van der Waals surface area contributed by atoms with Crippen molar-refractivity contribution in [2.75, 3.05) is 0 Å². The van der Waals surface area contributed by atoms with Crippen molar-refractivity contribution in [2.45, 2.75) is 13.3 Å². The lowest BCUT2D eigenvalue weighted by Gasteiger charge is -1.90. The normalized spacial score (nSPS) is 10.9. The fourth-order valence-corrected chi connectivity index (χ4v) is 0.766. The summed E-state index contributed by atoms with van der Waals surface area (Å²) in [5, 5.41) is 3.71. The summed E-state index contributed by atoms with van der Waals surface area (Å²) in [4.78, 5) is 0. The standard InChI is InChI=1S/C6H7F2N2/c1-4-5(6(7)8)3-10(2)9-4/h6H,1-2H3. The Bertz CT molecular complexity index is 230. The van der Waals surface area contributed by atoms with E-state index in [1.165, 1.54) is 11.6 Å². The minimum absolute atomic E-state index is 0.109. The third-order valence-corrected chi connectivity index (χ3v) is 1.19. The van der Waals surface area contributed by atoms with E-state index >= 15 is 0 Å². The van der Waals surface area contributed by atoms with Crippen LogP contribution in [0.5, 0.6) is 0 Å². The van der Waals surface area contributed by atoms with Crippen molar-refractivity contribution >= 4 is 0 Å². The van der Waals surface area contributed by atoms with Crippen molar-refractivity contribution < 1.29 is 8.78 Å². The quantitative estimate of drug-likeness (QED) is 0.585. The molecule has 1 aromatic heterocycles. The molecule has 55 valence electrons. The minimum Gasteiger partial charge on any atom is -0.266 e. The molecule has 0 fully saturated rings. The van der Waals surface area contributed by atoms with Crippen molar-refractivity contribution in [3.63, 3.8) is 0 Å². The van der Waals surface area contributed by atoms with Crippen LogP contribution < -0.4 is 0 Å². The van der Waals surface area contributed by atoms with E-state index in [4.69, 9.17) is 0 Å². The summed E-state index contributed by atoms with van der Waals surface area (Å²) < 4.78 is 25.2. The summed E-state index contributed by atoms with van der Waals surface area (Å²) >= 11 is 0. The Morgan fingerprint density at radius 3 is 2.40 bits per heavy atom. The molecule has 1 aromatic rings. The molecule has 0 aliphatic carbocycles. The lowest BCUT2D eigenvalue weighted by atomic mass is 10.3. The summed E-state index contributed by atoms with van der Waals surface area (Å²) in [5.74, 6) is 0. The summed E-state index contributed by atoms with van der Waals surface area (Å²) in [6, 6.07) is 0. The largest absolute Gasteiger partial charge is 0.267 e. The first-order valence-electron chi connectivity index (χ1n) is 2.82. The van der Waals surface area contributed by atoms with Gasteiger partial charge in [-0.05, 0) is 6.92 Å². The number of alkyl halides is 2. The first kappa shape index (κ1) is 7.18. The maximum absolute atomic E-state index is 12.0. The second-order valence-corrected chi connectivity index (χ2v) is 2.04. The molecule has 0 saturated carbocycles. The molecule has 4 heteroatoms. The summed E-state index contributed by atoms with van der Waals surface area (Å²) in [6.45, 7) is 1.54. The summed E-state index contributed by atoms with van der Waals surface area (Å²) in [5.41, 5.74) is 0.236. The van der Waals surface area contributed by atoms with Gasteiger partial charge in [0.05, 0.1) is 17.5 Å². The average Bonchev–Trinajstić information content (AvgIpc) is 2.10. The van der Waals surface area contributed by atoms with E-state index in [0.717, 1.165) is 0 Å². The van der Waals surface area contributed by atoms with E-state index in [1.807, 2.05) is 0 Å². The lowest BCUT2D eigenvalue weighted by molar-refractivity contribution is 0.150. The van der Waals surface area contributed by atoms with Gasteiger partial charge in [0.15, 0.2) is 0 Å². The topological polar surface area (TPSA) is 17.8 Å². The molecule has 0 saturated heterocycles. The fraction of sp³-hybridized carbons (Fsp3) is 0.500. The molecule has 10 heavy (non-hydrogen) atoms. The number of hydrogen-bond donors (Lipinski definition) is 0. The Balaban J connectivity index is 3.03.